The number of aryl methyl sites for hydroxylation is 1. The average molecular weight is 515 g/mol. The third-order valence-electron chi connectivity index (χ3n) is 5.95. The van der Waals surface area contributed by atoms with Gasteiger partial charge in [0.15, 0.2) is 11.5 Å². The van der Waals surface area contributed by atoms with Crippen LogP contribution >= 0.6 is 0 Å². The van der Waals surface area contributed by atoms with Crippen molar-refractivity contribution in [3.05, 3.63) is 66.1 Å². The number of carbonyl (C=O) groups excluding carboxylic acids is 2. The van der Waals surface area contributed by atoms with E-state index in [1.165, 1.54) is 18.3 Å². The summed E-state index contributed by atoms with van der Waals surface area (Å²) in [6.07, 6.45) is -0.611. The van der Waals surface area contributed by atoms with Crippen LogP contribution in [-0.2, 0) is 11.2 Å². The van der Waals surface area contributed by atoms with Crippen LogP contribution in [-0.4, -0.2) is 75.9 Å². The highest BCUT2D eigenvalue weighted by atomic mass is 19.4. The zero-order valence-corrected chi connectivity index (χ0v) is 19.8. The largest absolute Gasteiger partial charge is 0.506 e. The van der Waals surface area contributed by atoms with Crippen molar-refractivity contribution in [1.29, 1.82) is 0 Å². The SMILES string of the molecule is O=C(NCC(F)(F)F)c1ccc(N2CCN(C(=O)CCc3ccccc3-c3cncc(O)c3)CC2)nn1. The quantitative estimate of drug-likeness (QED) is 0.499. The molecule has 1 aromatic carbocycles. The lowest BCUT2D eigenvalue weighted by Gasteiger charge is -2.35. The highest BCUT2D eigenvalue weighted by Gasteiger charge is 2.28. The van der Waals surface area contributed by atoms with Crippen LogP contribution in [0.15, 0.2) is 54.9 Å². The molecule has 1 fully saturated rings. The summed E-state index contributed by atoms with van der Waals surface area (Å²) < 4.78 is 36.8. The maximum Gasteiger partial charge on any atom is 0.405 e. The number of anilines is 1. The predicted molar refractivity (Wildman–Crippen MR) is 129 cm³/mol. The molecule has 9 nitrogen and oxygen atoms in total. The second kappa shape index (κ2) is 11.2. The molecule has 2 N–H and O–H groups in total. The van der Waals surface area contributed by atoms with Gasteiger partial charge < -0.3 is 20.2 Å². The third kappa shape index (κ3) is 6.93. The maximum absolute atomic E-state index is 12.9. The van der Waals surface area contributed by atoms with Gasteiger partial charge in [-0.3, -0.25) is 14.6 Å². The molecule has 3 aromatic rings. The fraction of sp³-hybridized carbons (Fsp3) is 0.320. The fourth-order valence-corrected chi connectivity index (χ4v) is 4.07. The Bertz CT molecular complexity index is 1240. The van der Waals surface area contributed by atoms with Crippen molar-refractivity contribution < 1.29 is 27.9 Å². The number of aromatic hydroxyl groups is 1. The first kappa shape index (κ1) is 25.9. The van der Waals surface area contributed by atoms with E-state index in [4.69, 9.17) is 0 Å². The van der Waals surface area contributed by atoms with Crippen LogP contribution < -0.4 is 10.2 Å². The molecule has 12 heteroatoms. The molecule has 1 saturated heterocycles. The zero-order chi connectivity index (χ0) is 26.4. The van der Waals surface area contributed by atoms with E-state index < -0.39 is 18.6 Å². The van der Waals surface area contributed by atoms with Crippen LogP contribution in [0.2, 0.25) is 0 Å². The van der Waals surface area contributed by atoms with E-state index in [0.29, 0.717) is 44.8 Å². The summed E-state index contributed by atoms with van der Waals surface area (Å²) in [5.74, 6) is -0.377. The molecule has 0 atom stereocenters. The lowest BCUT2D eigenvalue weighted by atomic mass is 9.97. The van der Waals surface area contributed by atoms with Gasteiger partial charge in [-0.15, -0.1) is 10.2 Å². The number of alkyl halides is 3. The molecule has 0 aliphatic carbocycles. The van der Waals surface area contributed by atoms with E-state index in [9.17, 15) is 27.9 Å². The smallest absolute Gasteiger partial charge is 0.405 e. The molecule has 1 aliphatic heterocycles. The number of carbonyl (C=O) groups is 2. The zero-order valence-electron chi connectivity index (χ0n) is 19.8. The summed E-state index contributed by atoms with van der Waals surface area (Å²) in [5, 5.41) is 19.2. The number of rotatable bonds is 7. The van der Waals surface area contributed by atoms with Crippen LogP contribution in [0.25, 0.3) is 11.1 Å². The Labute approximate surface area is 210 Å². The fourth-order valence-electron chi connectivity index (χ4n) is 4.07. The number of aromatic nitrogens is 3. The number of piperazine rings is 1. The average Bonchev–Trinajstić information content (AvgIpc) is 2.90. The van der Waals surface area contributed by atoms with Gasteiger partial charge in [0.05, 0.1) is 6.20 Å². The Kier molecular flexibility index (Phi) is 7.85. The molecule has 0 bridgehead atoms. The van der Waals surface area contributed by atoms with E-state index in [2.05, 4.69) is 15.2 Å². The van der Waals surface area contributed by atoms with E-state index >= 15 is 0 Å². The molecule has 4 rings (SSSR count). The second-order valence-corrected chi connectivity index (χ2v) is 8.53. The van der Waals surface area contributed by atoms with Gasteiger partial charge in [0.1, 0.15) is 12.3 Å². The molecule has 3 heterocycles. The first-order valence-electron chi connectivity index (χ1n) is 11.6. The molecule has 2 amide bonds. The van der Waals surface area contributed by atoms with Crippen LogP contribution in [0.1, 0.15) is 22.5 Å². The molecular formula is C25H25F3N6O3. The van der Waals surface area contributed by atoms with E-state index in [-0.39, 0.29) is 17.4 Å². The first-order chi connectivity index (χ1) is 17.7. The van der Waals surface area contributed by atoms with Crippen molar-refractivity contribution in [1.82, 2.24) is 25.4 Å². The van der Waals surface area contributed by atoms with Gasteiger partial charge in [0.2, 0.25) is 5.91 Å². The van der Waals surface area contributed by atoms with Crippen LogP contribution in [0.5, 0.6) is 5.75 Å². The Morgan fingerprint density at radius 2 is 1.76 bits per heavy atom. The van der Waals surface area contributed by atoms with E-state index in [1.54, 1.807) is 22.5 Å². The predicted octanol–water partition coefficient (Wildman–Crippen LogP) is 2.82. The Morgan fingerprint density at radius 1 is 1.00 bits per heavy atom. The van der Waals surface area contributed by atoms with Crippen molar-refractivity contribution in [2.24, 2.45) is 0 Å². The Balaban J connectivity index is 1.29. The summed E-state index contributed by atoms with van der Waals surface area (Å²) in [6.45, 7) is 0.528. The van der Waals surface area contributed by atoms with Gasteiger partial charge in [-0.2, -0.15) is 13.2 Å². The number of halogens is 3. The number of benzene rings is 1. The Morgan fingerprint density at radius 3 is 2.43 bits per heavy atom. The lowest BCUT2D eigenvalue weighted by Crippen LogP contribution is -2.49. The molecule has 1 aliphatic rings. The van der Waals surface area contributed by atoms with Gasteiger partial charge in [-0.25, -0.2) is 0 Å². The lowest BCUT2D eigenvalue weighted by molar-refractivity contribution is -0.131. The minimum Gasteiger partial charge on any atom is -0.506 e. The highest BCUT2D eigenvalue weighted by Crippen LogP contribution is 2.26. The molecule has 0 radical (unpaired) electrons. The number of nitrogens with one attached hydrogen (secondary N) is 1. The highest BCUT2D eigenvalue weighted by molar-refractivity contribution is 5.92. The second-order valence-electron chi connectivity index (χ2n) is 8.53. The standard InChI is InChI=1S/C25H25F3N6O3/c26-25(27,28)16-30-24(37)21-6-7-22(32-31-21)33-9-11-34(12-10-33)23(36)8-5-17-3-1-2-4-20(17)18-13-19(35)15-29-14-18/h1-4,6-7,13-15,35H,5,8-12,16H2,(H,30,37). The molecule has 0 spiro atoms. The number of amides is 2. The summed E-state index contributed by atoms with van der Waals surface area (Å²) in [7, 11) is 0. The summed E-state index contributed by atoms with van der Waals surface area (Å²) in [5.41, 5.74) is 2.47. The minimum absolute atomic E-state index is 0.0197. The molecular weight excluding hydrogens is 489 g/mol. The van der Waals surface area contributed by atoms with Crippen LogP contribution in [0.4, 0.5) is 19.0 Å². The number of pyridine rings is 1. The van der Waals surface area contributed by atoms with Gasteiger partial charge in [0.25, 0.3) is 5.91 Å². The van der Waals surface area contributed by atoms with Crippen molar-refractivity contribution in [2.75, 3.05) is 37.6 Å². The van der Waals surface area contributed by atoms with Crippen molar-refractivity contribution in [3.8, 4) is 16.9 Å². The number of hydrogen-bond donors (Lipinski definition) is 2. The molecule has 194 valence electrons. The topological polar surface area (TPSA) is 112 Å². The Hall–Kier alpha value is -4.22. The number of hydrogen-bond acceptors (Lipinski definition) is 7. The summed E-state index contributed by atoms with van der Waals surface area (Å²) in [6, 6.07) is 12.2. The van der Waals surface area contributed by atoms with Crippen molar-refractivity contribution in [3.63, 3.8) is 0 Å². The van der Waals surface area contributed by atoms with Gasteiger partial charge in [0, 0.05) is 44.4 Å². The van der Waals surface area contributed by atoms with Gasteiger partial charge >= 0.3 is 6.18 Å². The first-order valence-corrected chi connectivity index (χ1v) is 11.6. The summed E-state index contributed by atoms with van der Waals surface area (Å²) >= 11 is 0. The van der Waals surface area contributed by atoms with E-state index in [0.717, 1.165) is 16.7 Å². The molecule has 0 unspecified atom stereocenters. The maximum atomic E-state index is 12.9. The van der Waals surface area contributed by atoms with Gasteiger partial charge in [-0.1, -0.05) is 24.3 Å². The van der Waals surface area contributed by atoms with Crippen LogP contribution in [0, 0.1) is 0 Å². The van der Waals surface area contributed by atoms with Crippen molar-refractivity contribution >= 4 is 17.6 Å². The minimum atomic E-state index is -4.51. The molecule has 0 saturated carbocycles. The van der Waals surface area contributed by atoms with Crippen molar-refractivity contribution in [2.45, 2.75) is 19.0 Å². The normalized spacial score (nSPS) is 13.9. The molecule has 2 aromatic heterocycles. The third-order valence-corrected chi connectivity index (χ3v) is 5.95. The monoisotopic (exact) mass is 514 g/mol. The van der Waals surface area contributed by atoms with Crippen LogP contribution in [0.3, 0.4) is 0 Å². The van der Waals surface area contributed by atoms with Gasteiger partial charge in [-0.05, 0) is 35.7 Å². The number of nitrogens with zero attached hydrogens (tertiary/aromatic N) is 5. The summed E-state index contributed by atoms with van der Waals surface area (Å²) in [4.78, 5) is 32.4. The molecule has 37 heavy (non-hydrogen) atoms. The van der Waals surface area contributed by atoms with E-state index in [1.807, 2.05) is 29.2 Å².